The number of anilines is 2. The van der Waals surface area contributed by atoms with Crippen molar-refractivity contribution in [1.29, 1.82) is 0 Å². The predicted octanol–water partition coefficient (Wildman–Crippen LogP) is 2.55. The van der Waals surface area contributed by atoms with Crippen molar-refractivity contribution in [2.45, 2.75) is 32.6 Å². The van der Waals surface area contributed by atoms with Gasteiger partial charge >= 0.3 is 0 Å². The molecule has 1 aliphatic rings. The van der Waals surface area contributed by atoms with Crippen molar-refractivity contribution in [2.75, 3.05) is 43.5 Å². The van der Waals surface area contributed by atoms with Gasteiger partial charge in [0.2, 0.25) is 5.91 Å². The van der Waals surface area contributed by atoms with E-state index in [0.717, 1.165) is 41.9 Å². The van der Waals surface area contributed by atoms with Gasteiger partial charge in [0.25, 0.3) is 0 Å². The van der Waals surface area contributed by atoms with Crippen molar-refractivity contribution in [3.05, 3.63) is 41.7 Å². The molecule has 0 aliphatic carbocycles. The average molecular weight is 383 g/mol. The van der Waals surface area contributed by atoms with Crippen molar-refractivity contribution >= 4 is 17.5 Å². The van der Waals surface area contributed by atoms with Crippen LogP contribution in [0.15, 0.2) is 30.3 Å². The van der Waals surface area contributed by atoms with Crippen LogP contribution in [0, 0.1) is 6.92 Å². The maximum absolute atomic E-state index is 12.2. The zero-order chi connectivity index (χ0) is 19.8. The highest BCUT2D eigenvalue weighted by Crippen LogP contribution is 2.20. The third-order valence-corrected chi connectivity index (χ3v) is 4.80. The minimum absolute atomic E-state index is 0.0285. The number of benzene rings is 1. The number of para-hydroxylation sites is 1. The molecule has 0 atom stereocenters. The molecule has 150 valence electrons. The number of methoxy groups -OCH3 is 1. The van der Waals surface area contributed by atoms with Crippen LogP contribution >= 0.6 is 0 Å². The average Bonchev–Trinajstić information content (AvgIpc) is 2.72. The molecular formula is C21H29N5O2. The first kappa shape index (κ1) is 19.9. The molecule has 2 N–H and O–H groups in total. The minimum Gasteiger partial charge on any atom is -0.496 e. The molecule has 2 aromatic rings. The van der Waals surface area contributed by atoms with Crippen molar-refractivity contribution in [1.82, 2.24) is 15.3 Å². The smallest absolute Gasteiger partial charge is 0.224 e. The normalized spacial score (nSPS) is 13.9. The zero-order valence-corrected chi connectivity index (χ0v) is 16.7. The van der Waals surface area contributed by atoms with Gasteiger partial charge in [-0.05, 0) is 32.3 Å². The second-order valence-electron chi connectivity index (χ2n) is 6.97. The molecule has 0 radical (unpaired) electrons. The van der Waals surface area contributed by atoms with Crippen LogP contribution in [0.3, 0.4) is 0 Å². The third-order valence-electron chi connectivity index (χ3n) is 4.80. The van der Waals surface area contributed by atoms with E-state index >= 15 is 0 Å². The lowest BCUT2D eigenvalue weighted by atomic mass is 10.1. The Kier molecular flexibility index (Phi) is 7.06. The van der Waals surface area contributed by atoms with Gasteiger partial charge in [0.1, 0.15) is 23.2 Å². The molecule has 0 bridgehead atoms. The molecule has 7 heteroatoms. The monoisotopic (exact) mass is 383 g/mol. The number of hydrogen-bond acceptors (Lipinski definition) is 6. The van der Waals surface area contributed by atoms with E-state index in [1.807, 2.05) is 37.3 Å². The molecule has 1 amide bonds. The Hall–Kier alpha value is -2.83. The molecule has 1 saturated heterocycles. The van der Waals surface area contributed by atoms with E-state index in [1.54, 1.807) is 7.11 Å². The first-order chi connectivity index (χ1) is 13.7. The van der Waals surface area contributed by atoms with Crippen LogP contribution in [-0.4, -0.2) is 49.2 Å². The van der Waals surface area contributed by atoms with Crippen molar-refractivity contribution in [3.8, 4) is 5.75 Å². The number of aromatic nitrogens is 2. The van der Waals surface area contributed by atoms with Crippen LogP contribution in [0.4, 0.5) is 11.6 Å². The van der Waals surface area contributed by atoms with E-state index in [2.05, 4.69) is 25.5 Å². The first-order valence-electron chi connectivity index (χ1n) is 9.89. The summed E-state index contributed by atoms with van der Waals surface area (Å²) in [5, 5.41) is 6.22. The van der Waals surface area contributed by atoms with Gasteiger partial charge in [-0.25, -0.2) is 9.97 Å². The van der Waals surface area contributed by atoms with Crippen LogP contribution in [0.1, 0.15) is 30.7 Å². The summed E-state index contributed by atoms with van der Waals surface area (Å²) in [6, 6.07) is 9.56. The highest BCUT2D eigenvalue weighted by Gasteiger charge is 2.14. The van der Waals surface area contributed by atoms with Crippen molar-refractivity contribution in [3.63, 3.8) is 0 Å². The summed E-state index contributed by atoms with van der Waals surface area (Å²) in [5.41, 5.74) is 0.882. The molecule has 28 heavy (non-hydrogen) atoms. The van der Waals surface area contributed by atoms with Gasteiger partial charge < -0.3 is 20.3 Å². The topological polar surface area (TPSA) is 79.4 Å². The zero-order valence-electron chi connectivity index (χ0n) is 16.7. The van der Waals surface area contributed by atoms with Gasteiger partial charge in [-0.2, -0.15) is 0 Å². The summed E-state index contributed by atoms with van der Waals surface area (Å²) < 4.78 is 5.29. The molecule has 1 aromatic carbocycles. The Balaban J connectivity index is 1.47. The summed E-state index contributed by atoms with van der Waals surface area (Å²) >= 11 is 0. The van der Waals surface area contributed by atoms with Crippen LogP contribution < -0.4 is 20.3 Å². The molecule has 7 nitrogen and oxygen atoms in total. The number of piperidine rings is 1. The number of carbonyl (C=O) groups is 1. The first-order valence-corrected chi connectivity index (χ1v) is 9.89. The van der Waals surface area contributed by atoms with Crippen LogP contribution in [0.5, 0.6) is 5.75 Å². The van der Waals surface area contributed by atoms with Gasteiger partial charge in [-0.15, -0.1) is 0 Å². The van der Waals surface area contributed by atoms with Gasteiger partial charge in [0.05, 0.1) is 13.5 Å². The number of aryl methyl sites for hydroxylation is 1. The van der Waals surface area contributed by atoms with E-state index in [1.165, 1.54) is 19.3 Å². The van der Waals surface area contributed by atoms with E-state index in [-0.39, 0.29) is 5.91 Å². The second-order valence-corrected chi connectivity index (χ2v) is 6.97. The fraction of sp³-hybridized carbons (Fsp3) is 0.476. The van der Waals surface area contributed by atoms with E-state index in [0.29, 0.717) is 19.5 Å². The Bertz CT molecular complexity index is 790. The summed E-state index contributed by atoms with van der Waals surface area (Å²) in [4.78, 5) is 23.5. The Labute approximate surface area is 166 Å². The van der Waals surface area contributed by atoms with Crippen LogP contribution in [0.25, 0.3) is 0 Å². The molecule has 0 spiro atoms. The van der Waals surface area contributed by atoms with Crippen LogP contribution in [0.2, 0.25) is 0 Å². The summed E-state index contributed by atoms with van der Waals surface area (Å²) in [6.07, 6.45) is 4.02. The number of hydrogen-bond donors (Lipinski definition) is 2. The number of nitrogens with zero attached hydrogens (tertiary/aromatic N) is 3. The predicted molar refractivity (Wildman–Crippen MR) is 111 cm³/mol. The fourth-order valence-corrected chi connectivity index (χ4v) is 3.40. The highest BCUT2D eigenvalue weighted by molar-refractivity contribution is 5.79. The Morgan fingerprint density at radius 3 is 2.71 bits per heavy atom. The molecule has 2 heterocycles. The molecule has 0 unspecified atom stereocenters. The van der Waals surface area contributed by atoms with Gasteiger partial charge in [-0.1, -0.05) is 18.2 Å². The van der Waals surface area contributed by atoms with Gasteiger partial charge in [0, 0.05) is 37.8 Å². The SMILES string of the molecule is COc1ccccc1CC(=O)NCCNc1cc(N2CCCCC2)nc(C)n1. The lowest BCUT2D eigenvalue weighted by Gasteiger charge is -2.28. The minimum atomic E-state index is -0.0285. The van der Waals surface area contributed by atoms with E-state index in [9.17, 15) is 4.79 Å². The number of ether oxygens (including phenoxy) is 1. The van der Waals surface area contributed by atoms with Crippen LogP contribution in [-0.2, 0) is 11.2 Å². The highest BCUT2D eigenvalue weighted by atomic mass is 16.5. The summed E-state index contributed by atoms with van der Waals surface area (Å²) in [5.74, 6) is 3.24. The Morgan fingerprint density at radius 2 is 1.93 bits per heavy atom. The number of carbonyl (C=O) groups excluding carboxylic acids is 1. The molecule has 3 rings (SSSR count). The Morgan fingerprint density at radius 1 is 1.14 bits per heavy atom. The number of amides is 1. The van der Waals surface area contributed by atoms with Gasteiger partial charge in [0.15, 0.2) is 0 Å². The number of rotatable bonds is 8. The largest absolute Gasteiger partial charge is 0.496 e. The van der Waals surface area contributed by atoms with Gasteiger partial charge in [-0.3, -0.25) is 4.79 Å². The second kappa shape index (κ2) is 9.92. The fourth-order valence-electron chi connectivity index (χ4n) is 3.40. The van der Waals surface area contributed by atoms with Crippen molar-refractivity contribution < 1.29 is 9.53 Å². The van der Waals surface area contributed by atoms with E-state index < -0.39 is 0 Å². The lowest BCUT2D eigenvalue weighted by Crippen LogP contribution is -2.31. The molecular weight excluding hydrogens is 354 g/mol. The quantitative estimate of drug-likeness (QED) is 0.682. The molecule has 1 fully saturated rings. The lowest BCUT2D eigenvalue weighted by molar-refractivity contribution is -0.120. The number of nitrogens with one attached hydrogen (secondary N) is 2. The molecule has 1 aromatic heterocycles. The summed E-state index contributed by atoms with van der Waals surface area (Å²) in [6.45, 7) is 5.14. The molecule has 1 aliphatic heterocycles. The maximum Gasteiger partial charge on any atom is 0.224 e. The maximum atomic E-state index is 12.2. The third kappa shape index (κ3) is 5.58. The van der Waals surface area contributed by atoms with E-state index in [4.69, 9.17) is 4.74 Å². The standard InChI is InChI=1S/C21H29N5O2/c1-16-24-19(15-20(25-16)26-12-6-3-7-13-26)22-10-11-23-21(27)14-17-8-4-5-9-18(17)28-2/h4-5,8-9,15H,3,6-7,10-14H2,1-2H3,(H,23,27)(H,22,24,25). The van der Waals surface area contributed by atoms with Crippen molar-refractivity contribution in [2.24, 2.45) is 0 Å². The molecule has 0 saturated carbocycles. The summed E-state index contributed by atoms with van der Waals surface area (Å²) in [7, 11) is 1.61.